The summed E-state index contributed by atoms with van der Waals surface area (Å²) in [7, 11) is 2.36. The Morgan fingerprint density at radius 1 is 0.486 bits per heavy atom. The van der Waals surface area contributed by atoms with Crippen molar-refractivity contribution in [3.05, 3.63) is 0 Å². The van der Waals surface area contributed by atoms with Crippen molar-refractivity contribution in [1.29, 1.82) is 0 Å². The number of carbonyl (C=O) groups excluding carboxylic acids is 6. The molecule has 0 saturated carbocycles. The Balaban J connectivity index is -0.000000569. The van der Waals surface area contributed by atoms with Gasteiger partial charge in [-0.25, -0.2) is 9.59 Å². The third-order valence-corrected chi connectivity index (χ3v) is 5.05. The summed E-state index contributed by atoms with van der Waals surface area (Å²) < 4.78 is 0. The van der Waals surface area contributed by atoms with Crippen LogP contribution in [-0.2, 0) is 70.0 Å². The molecule has 0 unspecified atom stereocenters. The van der Waals surface area contributed by atoms with Crippen LogP contribution in [0, 0.1) is 21.7 Å². The van der Waals surface area contributed by atoms with Crippen molar-refractivity contribution in [3.8, 4) is 0 Å². The van der Waals surface area contributed by atoms with Gasteiger partial charge in [0, 0.05) is 32.5 Å². The van der Waals surface area contributed by atoms with Gasteiger partial charge in [0.15, 0.2) is 11.6 Å². The second-order valence-electron chi connectivity index (χ2n) is 10.9. The van der Waals surface area contributed by atoms with Gasteiger partial charge in [-0.3, -0.25) is 29.0 Å². The van der Waals surface area contributed by atoms with Crippen molar-refractivity contribution >= 4 is 35.1 Å². The van der Waals surface area contributed by atoms with Crippen molar-refractivity contribution in [3.63, 3.8) is 0 Å². The van der Waals surface area contributed by atoms with E-state index in [1.54, 1.807) is 41.5 Å². The molecule has 0 atom stereocenters. The number of ketones is 4. The topological polar surface area (TPSA) is 139 Å². The Labute approximate surface area is 222 Å². The fourth-order valence-corrected chi connectivity index (χ4v) is 1.85. The first-order chi connectivity index (χ1) is 15.1. The molecule has 0 N–H and O–H groups in total. The normalized spacial score (nSPS) is 11.8. The molecule has 0 aliphatic heterocycles. The molecular weight excluding hydrogens is 496 g/mol. The van der Waals surface area contributed by atoms with E-state index in [2.05, 4.69) is 19.6 Å². The summed E-state index contributed by atoms with van der Waals surface area (Å²) in [6, 6.07) is 0. The second-order valence-corrected chi connectivity index (χ2v) is 10.9. The Hall–Kier alpha value is -1.75. The molecule has 35 heavy (non-hydrogen) atoms. The number of Topliss-reactive ketones (excluding diaryl/α,β-unsaturated/α-hetero) is 4. The van der Waals surface area contributed by atoms with Gasteiger partial charge in [0.05, 0.1) is 27.1 Å². The molecule has 0 spiro atoms. The Morgan fingerprint density at radius 2 is 0.714 bits per heavy atom. The zero-order valence-corrected chi connectivity index (χ0v) is 24.6. The van der Waals surface area contributed by atoms with Crippen LogP contribution in [0.15, 0.2) is 0 Å². The SMILES string of the molecule is COOC(=O)C(C)(C)C(=O)CC(=O)C(C)(C)C.COOC(=O)C(C)(C)C(=O)CC(=O)C(C)(C)C.[Ti]. The van der Waals surface area contributed by atoms with Gasteiger partial charge in [-0.2, -0.15) is 9.78 Å². The average molecular weight is 536 g/mol. The summed E-state index contributed by atoms with van der Waals surface area (Å²) in [6.45, 7) is 16.0. The first kappa shape index (κ1) is 37.8. The standard InChI is InChI=1S/2C12H20O5.Ti/c2*1-11(2,3)8(13)7-9(14)12(4,5)10(15)17-16-6;/h2*7H2,1-6H3;. The van der Waals surface area contributed by atoms with E-state index in [4.69, 9.17) is 0 Å². The maximum Gasteiger partial charge on any atom is 0.355 e. The van der Waals surface area contributed by atoms with Gasteiger partial charge in [-0.05, 0) is 27.7 Å². The molecule has 10 nitrogen and oxygen atoms in total. The summed E-state index contributed by atoms with van der Waals surface area (Å²) in [5.41, 5.74) is -3.96. The van der Waals surface area contributed by atoms with Crippen LogP contribution in [0.5, 0.6) is 0 Å². The van der Waals surface area contributed by atoms with Crippen LogP contribution >= 0.6 is 0 Å². The molecule has 0 amide bonds. The molecule has 0 aromatic carbocycles. The van der Waals surface area contributed by atoms with Crippen molar-refractivity contribution in [1.82, 2.24) is 0 Å². The van der Waals surface area contributed by atoms with Crippen molar-refractivity contribution in [2.24, 2.45) is 21.7 Å². The van der Waals surface area contributed by atoms with E-state index < -0.39 is 45.2 Å². The Bertz CT molecular complexity index is 717. The molecule has 0 aliphatic rings. The first-order valence-corrected chi connectivity index (χ1v) is 10.7. The Kier molecular flexibility index (Phi) is 15.9. The molecule has 0 aromatic rings. The van der Waals surface area contributed by atoms with E-state index in [0.29, 0.717) is 0 Å². The van der Waals surface area contributed by atoms with Crippen LogP contribution < -0.4 is 0 Å². The minimum absolute atomic E-state index is 0. The van der Waals surface area contributed by atoms with E-state index in [1.165, 1.54) is 41.9 Å². The molecule has 0 radical (unpaired) electrons. The van der Waals surface area contributed by atoms with Crippen molar-refractivity contribution in [2.75, 3.05) is 14.2 Å². The quantitative estimate of drug-likeness (QED) is 0.177. The average Bonchev–Trinajstić information content (AvgIpc) is 2.66. The van der Waals surface area contributed by atoms with Gasteiger partial charge < -0.3 is 0 Å². The molecule has 0 rings (SSSR count). The number of hydrogen-bond donors (Lipinski definition) is 0. The van der Waals surface area contributed by atoms with E-state index in [1.807, 2.05) is 0 Å². The summed E-state index contributed by atoms with van der Waals surface area (Å²) in [4.78, 5) is 87.1. The fraction of sp³-hybridized carbons (Fsp3) is 0.750. The molecule has 0 aliphatic carbocycles. The van der Waals surface area contributed by atoms with Crippen molar-refractivity contribution in [2.45, 2.75) is 82.1 Å². The summed E-state index contributed by atoms with van der Waals surface area (Å²) in [6.07, 6.45) is -0.565. The van der Waals surface area contributed by atoms with E-state index in [-0.39, 0.29) is 46.1 Å². The van der Waals surface area contributed by atoms with Crippen LogP contribution in [-0.4, -0.2) is 49.3 Å². The fourth-order valence-electron chi connectivity index (χ4n) is 1.85. The molecule has 11 heteroatoms. The second kappa shape index (κ2) is 14.7. The molecular formula is C24H40O10Ti. The van der Waals surface area contributed by atoms with Crippen LogP contribution in [0.2, 0.25) is 0 Å². The van der Waals surface area contributed by atoms with E-state index >= 15 is 0 Å². The van der Waals surface area contributed by atoms with Crippen LogP contribution in [0.4, 0.5) is 0 Å². The molecule has 0 aromatic heterocycles. The van der Waals surface area contributed by atoms with Gasteiger partial charge in [0.2, 0.25) is 0 Å². The van der Waals surface area contributed by atoms with Crippen LogP contribution in [0.3, 0.4) is 0 Å². The van der Waals surface area contributed by atoms with Gasteiger partial charge in [-0.1, -0.05) is 41.5 Å². The first-order valence-electron chi connectivity index (χ1n) is 10.7. The smallest absolute Gasteiger partial charge is 0.299 e. The maximum atomic E-state index is 11.9. The molecule has 0 bridgehead atoms. The minimum Gasteiger partial charge on any atom is -0.299 e. The van der Waals surface area contributed by atoms with Gasteiger partial charge in [-0.15, -0.1) is 0 Å². The third-order valence-electron chi connectivity index (χ3n) is 5.05. The Morgan fingerprint density at radius 3 is 0.886 bits per heavy atom. The largest absolute Gasteiger partial charge is 0.355 e. The van der Waals surface area contributed by atoms with Gasteiger partial charge >= 0.3 is 11.9 Å². The predicted octanol–water partition coefficient (Wildman–Crippen LogP) is 3.38. The number of hydrogen-bond acceptors (Lipinski definition) is 10. The minimum atomic E-state index is -1.38. The summed E-state index contributed by atoms with van der Waals surface area (Å²) >= 11 is 0. The number of carbonyl (C=O) groups is 6. The van der Waals surface area contributed by atoms with Gasteiger partial charge in [0.1, 0.15) is 22.4 Å². The number of rotatable bonds is 10. The van der Waals surface area contributed by atoms with Crippen LogP contribution in [0.25, 0.3) is 0 Å². The molecule has 200 valence electrons. The molecule has 0 fully saturated rings. The maximum absolute atomic E-state index is 11.9. The van der Waals surface area contributed by atoms with Crippen molar-refractivity contribution < 1.29 is 70.0 Å². The molecule has 0 heterocycles. The summed E-state index contributed by atoms with van der Waals surface area (Å²) in [5.74, 6) is -2.96. The predicted molar refractivity (Wildman–Crippen MR) is 122 cm³/mol. The zero-order chi connectivity index (χ0) is 27.7. The molecule has 0 saturated heterocycles. The van der Waals surface area contributed by atoms with Crippen LogP contribution in [0.1, 0.15) is 82.1 Å². The van der Waals surface area contributed by atoms with Gasteiger partial charge in [0.25, 0.3) is 0 Å². The van der Waals surface area contributed by atoms with E-state index in [9.17, 15) is 28.8 Å². The van der Waals surface area contributed by atoms with E-state index in [0.717, 1.165) is 0 Å². The monoisotopic (exact) mass is 536 g/mol. The third kappa shape index (κ3) is 12.7. The zero-order valence-electron chi connectivity index (χ0n) is 23.0. The summed E-state index contributed by atoms with van der Waals surface area (Å²) in [5, 5.41) is 0.